The topological polar surface area (TPSA) is 53.1 Å². The Balaban J connectivity index is 1.97. The Morgan fingerprint density at radius 3 is 2.59 bits per heavy atom. The normalized spacial score (nSPS) is 10.5. The molecule has 2 N–H and O–H groups in total. The highest BCUT2D eigenvalue weighted by Gasteiger charge is 2.02. The first-order chi connectivity index (χ1) is 8.19. The highest BCUT2D eigenvalue weighted by molar-refractivity contribution is 6.32. The van der Waals surface area contributed by atoms with Crippen LogP contribution in [0, 0.1) is 0 Å². The number of nitrogens with two attached hydrogens (primary N) is 1. The number of aromatic nitrogens is 2. The van der Waals surface area contributed by atoms with E-state index >= 15 is 0 Å². The van der Waals surface area contributed by atoms with Crippen molar-refractivity contribution >= 4 is 17.4 Å². The molecule has 0 radical (unpaired) electrons. The van der Waals surface area contributed by atoms with Crippen molar-refractivity contribution in [3.63, 3.8) is 0 Å². The van der Waals surface area contributed by atoms with Gasteiger partial charge in [0.05, 0.1) is 7.11 Å². The van der Waals surface area contributed by atoms with Crippen molar-refractivity contribution in [1.29, 1.82) is 0 Å². The van der Waals surface area contributed by atoms with E-state index < -0.39 is 0 Å². The summed E-state index contributed by atoms with van der Waals surface area (Å²) in [7, 11) is 1.66. The molecule has 0 aliphatic carbocycles. The van der Waals surface area contributed by atoms with Crippen LogP contribution < -0.4 is 10.5 Å². The van der Waals surface area contributed by atoms with Gasteiger partial charge in [0.15, 0.2) is 5.82 Å². The Bertz CT molecular complexity index is 473. The van der Waals surface area contributed by atoms with Crippen molar-refractivity contribution < 1.29 is 4.74 Å². The highest BCUT2D eigenvalue weighted by atomic mass is 35.5. The van der Waals surface area contributed by atoms with Crippen molar-refractivity contribution in [2.45, 2.75) is 13.0 Å². The van der Waals surface area contributed by atoms with E-state index in [0.717, 1.165) is 18.7 Å². The van der Waals surface area contributed by atoms with Gasteiger partial charge in [0.1, 0.15) is 10.8 Å². The van der Waals surface area contributed by atoms with Crippen molar-refractivity contribution in [3.8, 4) is 5.75 Å². The van der Waals surface area contributed by atoms with Gasteiger partial charge in [-0.05, 0) is 24.1 Å². The Morgan fingerprint density at radius 2 is 2.06 bits per heavy atom. The molecule has 0 saturated heterocycles. The highest BCUT2D eigenvalue weighted by Crippen LogP contribution is 2.16. The number of aryl methyl sites for hydroxylation is 2. The number of rotatable bonds is 4. The Kier molecular flexibility index (Phi) is 3.54. The number of ether oxygens (including phenoxy) is 1. The predicted octanol–water partition coefficient (Wildman–Crippen LogP) is 2.37. The van der Waals surface area contributed by atoms with Gasteiger partial charge in [0.2, 0.25) is 0 Å². The van der Waals surface area contributed by atoms with Gasteiger partial charge in [-0.1, -0.05) is 23.7 Å². The molecule has 0 aliphatic rings. The molecule has 0 atom stereocenters. The minimum absolute atomic E-state index is 0.376. The molecular formula is C12H14ClN3O. The maximum Gasteiger partial charge on any atom is 0.164 e. The smallest absolute Gasteiger partial charge is 0.164 e. The monoisotopic (exact) mass is 251 g/mol. The van der Waals surface area contributed by atoms with Crippen LogP contribution in [0.2, 0.25) is 5.02 Å². The molecule has 5 heteroatoms. The van der Waals surface area contributed by atoms with Crippen LogP contribution in [0.5, 0.6) is 5.75 Å². The number of hydrogen-bond acceptors (Lipinski definition) is 3. The number of hydrogen-bond donors (Lipinski definition) is 1. The van der Waals surface area contributed by atoms with Crippen LogP contribution in [-0.4, -0.2) is 16.9 Å². The van der Waals surface area contributed by atoms with E-state index in [0.29, 0.717) is 10.8 Å². The number of benzene rings is 1. The van der Waals surface area contributed by atoms with Crippen molar-refractivity contribution in [2.75, 3.05) is 12.8 Å². The summed E-state index contributed by atoms with van der Waals surface area (Å²) >= 11 is 5.83. The summed E-state index contributed by atoms with van der Waals surface area (Å²) < 4.78 is 6.85. The molecular weight excluding hydrogens is 238 g/mol. The fourth-order valence-corrected chi connectivity index (χ4v) is 1.71. The fraction of sp³-hybridized carbons (Fsp3) is 0.250. The second-order valence-electron chi connectivity index (χ2n) is 3.72. The molecule has 0 amide bonds. The fourth-order valence-electron chi connectivity index (χ4n) is 1.56. The van der Waals surface area contributed by atoms with Crippen LogP contribution in [0.1, 0.15) is 5.56 Å². The molecule has 0 fully saturated rings. The maximum atomic E-state index is 5.83. The summed E-state index contributed by atoms with van der Waals surface area (Å²) in [6.07, 6.45) is 2.61. The summed E-state index contributed by atoms with van der Waals surface area (Å²) in [5, 5.41) is 4.60. The number of nitrogens with zero attached hydrogens (tertiary/aromatic N) is 2. The molecule has 0 aliphatic heterocycles. The van der Waals surface area contributed by atoms with Crippen LogP contribution in [0.3, 0.4) is 0 Å². The van der Waals surface area contributed by atoms with Gasteiger partial charge in [-0.3, -0.25) is 4.68 Å². The van der Waals surface area contributed by atoms with Gasteiger partial charge in [-0.2, -0.15) is 5.10 Å². The first-order valence-electron chi connectivity index (χ1n) is 5.30. The average molecular weight is 252 g/mol. The molecule has 1 aromatic carbocycles. The van der Waals surface area contributed by atoms with Gasteiger partial charge in [0.25, 0.3) is 0 Å². The van der Waals surface area contributed by atoms with E-state index in [-0.39, 0.29) is 0 Å². The van der Waals surface area contributed by atoms with Crippen LogP contribution in [0.4, 0.5) is 5.82 Å². The first-order valence-corrected chi connectivity index (χ1v) is 5.68. The van der Waals surface area contributed by atoms with Gasteiger partial charge in [0, 0.05) is 12.7 Å². The summed E-state index contributed by atoms with van der Waals surface area (Å²) in [6, 6.07) is 7.96. The van der Waals surface area contributed by atoms with E-state index in [1.807, 2.05) is 24.3 Å². The molecule has 2 aromatic rings. The number of methoxy groups -OCH3 is 1. The molecule has 0 spiro atoms. The number of halogens is 1. The zero-order valence-corrected chi connectivity index (χ0v) is 10.3. The second kappa shape index (κ2) is 5.10. The van der Waals surface area contributed by atoms with Gasteiger partial charge in [-0.25, -0.2) is 0 Å². The van der Waals surface area contributed by atoms with Crippen LogP contribution in [-0.2, 0) is 13.0 Å². The lowest BCUT2D eigenvalue weighted by atomic mass is 10.1. The lowest BCUT2D eigenvalue weighted by molar-refractivity contribution is 0.414. The van der Waals surface area contributed by atoms with Crippen molar-refractivity contribution in [2.24, 2.45) is 0 Å². The van der Waals surface area contributed by atoms with Crippen LogP contribution >= 0.6 is 11.6 Å². The maximum absolute atomic E-state index is 5.83. The van der Waals surface area contributed by atoms with Crippen molar-refractivity contribution in [1.82, 2.24) is 9.78 Å². The molecule has 0 bridgehead atoms. The predicted molar refractivity (Wildman–Crippen MR) is 68.3 cm³/mol. The standard InChI is InChI=1S/C12H14ClN3O/c1-17-10-4-2-9(3-5-10)6-7-16-8-11(13)12(14)15-16/h2-5,8H,6-7H2,1H3,(H2,14,15). The van der Waals surface area contributed by atoms with E-state index in [9.17, 15) is 0 Å². The van der Waals surface area contributed by atoms with E-state index in [1.54, 1.807) is 18.0 Å². The van der Waals surface area contributed by atoms with E-state index in [2.05, 4.69) is 5.10 Å². The zero-order valence-electron chi connectivity index (χ0n) is 9.56. The molecule has 1 aromatic heterocycles. The second-order valence-corrected chi connectivity index (χ2v) is 4.13. The Morgan fingerprint density at radius 1 is 1.35 bits per heavy atom. The molecule has 0 saturated carbocycles. The molecule has 1 heterocycles. The minimum atomic E-state index is 0.376. The van der Waals surface area contributed by atoms with Crippen LogP contribution in [0.15, 0.2) is 30.5 Å². The van der Waals surface area contributed by atoms with E-state index in [4.69, 9.17) is 22.1 Å². The van der Waals surface area contributed by atoms with Gasteiger partial charge in [-0.15, -0.1) is 0 Å². The number of anilines is 1. The third-order valence-electron chi connectivity index (χ3n) is 2.53. The average Bonchev–Trinajstić information content (AvgIpc) is 2.67. The Labute approximate surface area is 105 Å². The molecule has 17 heavy (non-hydrogen) atoms. The summed E-state index contributed by atoms with van der Waals surface area (Å²) in [5.74, 6) is 1.24. The SMILES string of the molecule is COc1ccc(CCn2cc(Cl)c(N)n2)cc1. The minimum Gasteiger partial charge on any atom is -0.497 e. The lowest BCUT2D eigenvalue weighted by Crippen LogP contribution is -2.02. The number of nitrogen functional groups attached to an aromatic ring is 1. The summed E-state index contributed by atoms with van der Waals surface area (Å²) in [5.41, 5.74) is 6.79. The molecule has 0 unspecified atom stereocenters. The van der Waals surface area contributed by atoms with E-state index in [1.165, 1.54) is 5.56 Å². The van der Waals surface area contributed by atoms with Crippen molar-refractivity contribution in [3.05, 3.63) is 41.0 Å². The third-order valence-corrected chi connectivity index (χ3v) is 2.82. The van der Waals surface area contributed by atoms with Gasteiger partial charge >= 0.3 is 0 Å². The summed E-state index contributed by atoms with van der Waals surface area (Å²) in [6.45, 7) is 0.753. The van der Waals surface area contributed by atoms with Gasteiger partial charge < -0.3 is 10.5 Å². The van der Waals surface area contributed by atoms with Crippen LogP contribution in [0.25, 0.3) is 0 Å². The molecule has 2 rings (SSSR count). The third kappa shape index (κ3) is 2.91. The lowest BCUT2D eigenvalue weighted by Gasteiger charge is -2.03. The first kappa shape index (κ1) is 11.8. The quantitative estimate of drug-likeness (QED) is 0.908. The molecule has 4 nitrogen and oxygen atoms in total. The summed E-state index contributed by atoms with van der Waals surface area (Å²) in [4.78, 5) is 0. The molecule has 90 valence electrons. The Hall–Kier alpha value is -1.68. The zero-order chi connectivity index (χ0) is 12.3. The largest absolute Gasteiger partial charge is 0.497 e.